The van der Waals surface area contributed by atoms with Crippen molar-refractivity contribution < 1.29 is 12.8 Å². The van der Waals surface area contributed by atoms with Crippen LogP contribution >= 0.6 is 0 Å². The van der Waals surface area contributed by atoms with Gasteiger partial charge in [0.1, 0.15) is 40.9 Å². The van der Waals surface area contributed by atoms with E-state index in [0.29, 0.717) is 23.1 Å². The molecule has 4 N–H and O–H groups in total. The summed E-state index contributed by atoms with van der Waals surface area (Å²) in [6, 6.07) is 15.2. The van der Waals surface area contributed by atoms with Crippen LogP contribution in [0.25, 0.3) is 22.2 Å². The molecular weight excluding hydrogens is 443 g/mol. The average Bonchev–Trinajstić information content (AvgIpc) is 2.78. The summed E-state index contributed by atoms with van der Waals surface area (Å²) in [5.74, 6) is -0.173. The Labute approximate surface area is 190 Å². The SMILES string of the molecule is CCc1cc2cccc(F)c2nc1-c1ccccc1S(C)(=O)=O.N#Cc1c(N)ncnc1N. The Morgan fingerprint density at radius 2 is 1.73 bits per heavy atom. The minimum Gasteiger partial charge on any atom is -0.382 e. The Kier molecular flexibility index (Phi) is 6.84. The number of sulfone groups is 1. The molecule has 33 heavy (non-hydrogen) atoms. The van der Waals surface area contributed by atoms with Crippen LogP contribution in [0, 0.1) is 17.1 Å². The Morgan fingerprint density at radius 1 is 1.06 bits per heavy atom. The fourth-order valence-corrected chi connectivity index (χ4v) is 4.11. The number of hydrogen-bond acceptors (Lipinski definition) is 8. The van der Waals surface area contributed by atoms with Gasteiger partial charge >= 0.3 is 0 Å². The summed E-state index contributed by atoms with van der Waals surface area (Å²) in [5, 5.41) is 9.12. The third-order valence-corrected chi connectivity index (χ3v) is 5.97. The minimum absolute atomic E-state index is 0.120. The molecule has 4 rings (SSSR count). The van der Waals surface area contributed by atoms with Gasteiger partial charge in [0, 0.05) is 17.2 Å². The highest BCUT2D eigenvalue weighted by Gasteiger charge is 2.18. The monoisotopic (exact) mass is 464 g/mol. The molecule has 0 bridgehead atoms. The van der Waals surface area contributed by atoms with Crippen LogP contribution in [0.2, 0.25) is 0 Å². The van der Waals surface area contributed by atoms with Crippen LogP contribution < -0.4 is 11.5 Å². The Morgan fingerprint density at radius 3 is 2.30 bits per heavy atom. The van der Waals surface area contributed by atoms with Gasteiger partial charge in [0.25, 0.3) is 0 Å². The van der Waals surface area contributed by atoms with Crippen molar-refractivity contribution in [1.82, 2.24) is 15.0 Å². The van der Waals surface area contributed by atoms with Gasteiger partial charge in [-0.3, -0.25) is 0 Å². The van der Waals surface area contributed by atoms with Crippen molar-refractivity contribution in [3.8, 4) is 17.3 Å². The summed E-state index contributed by atoms with van der Waals surface area (Å²) >= 11 is 0. The van der Waals surface area contributed by atoms with E-state index in [2.05, 4.69) is 15.0 Å². The van der Waals surface area contributed by atoms with Crippen molar-refractivity contribution >= 4 is 32.4 Å². The van der Waals surface area contributed by atoms with E-state index >= 15 is 0 Å². The van der Waals surface area contributed by atoms with E-state index < -0.39 is 15.7 Å². The van der Waals surface area contributed by atoms with E-state index in [4.69, 9.17) is 16.7 Å². The molecule has 0 saturated carbocycles. The van der Waals surface area contributed by atoms with Crippen LogP contribution in [-0.2, 0) is 16.3 Å². The number of nitrogens with zero attached hydrogens (tertiary/aromatic N) is 4. The van der Waals surface area contributed by atoms with Crippen LogP contribution in [0.1, 0.15) is 18.1 Å². The molecule has 2 heterocycles. The van der Waals surface area contributed by atoms with Gasteiger partial charge in [0.2, 0.25) is 0 Å². The standard InChI is InChI=1S/C18H16FNO2S.C5H5N5/c1-3-12-11-13-7-6-9-15(19)18(13)20-17(12)14-8-4-5-10-16(14)23(2,21)22;6-1-3-4(7)9-2-10-5(3)8/h4-11H,3H2,1-2H3;2H,(H4,7,8,9,10). The second-order valence-electron chi connectivity index (χ2n) is 7.06. The van der Waals surface area contributed by atoms with Gasteiger partial charge in [-0.15, -0.1) is 0 Å². The summed E-state index contributed by atoms with van der Waals surface area (Å²) in [7, 11) is -3.40. The summed E-state index contributed by atoms with van der Waals surface area (Å²) in [5.41, 5.74) is 12.9. The quantitative estimate of drug-likeness (QED) is 0.468. The number of benzene rings is 2. The average molecular weight is 465 g/mol. The fraction of sp³-hybridized carbons (Fsp3) is 0.130. The number of nitrogen functional groups attached to an aromatic ring is 2. The van der Waals surface area contributed by atoms with Crippen molar-refractivity contribution in [2.45, 2.75) is 18.2 Å². The van der Waals surface area contributed by atoms with E-state index in [1.54, 1.807) is 42.5 Å². The number of aromatic nitrogens is 3. The van der Waals surface area contributed by atoms with Crippen molar-refractivity contribution in [2.75, 3.05) is 17.7 Å². The van der Waals surface area contributed by atoms with E-state index in [-0.39, 0.29) is 27.6 Å². The molecule has 10 heteroatoms. The molecule has 0 spiro atoms. The lowest BCUT2D eigenvalue weighted by Crippen LogP contribution is -2.03. The van der Waals surface area contributed by atoms with E-state index in [0.717, 1.165) is 5.56 Å². The van der Waals surface area contributed by atoms with Crippen molar-refractivity contribution in [2.24, 2.45) is 0 Å². The summed E-state index contributed by atoms with van der Waals surface area (Å²) in [6.45, 7) is 1.97. The maximum absolute atomic E-state index is 14.1. The second-order valence-corrected chi connectivity index (χ2v) is 9.04. The first kappa shape index (κ1) is 23.6. The number of halogens is 1. The molecule has 2 aromatic carbocycles. The van der Waals surface area contributed by atoms with E-state index in [1.165, 1.54) is 18.6 Å². The highest BCUT2D eigenvalue weighted by atomic mass is 32.2. The number of anilines is 2. The normalized spacial score (nSPS) is 10.8. The van der Waals surface area contributed by atoms with Crippen molar-refractivity contribution in [3.63, 3.8) is 0 Å². The van der Waals surface area contributed by atoms with Gasteiger partial charge in [-0.1, -0.05) is 37.3 Å². The lowest BCUT2D eigenvalue weighted by Gasteiger charge is -2.13. The molecule has 0 amide bonds. The molecule has 0 aliphatic heterocycles. The number of nitriles is 1. The smallest absolute Gasteiger partial charge is 0.176 e. The largest absolute Gasteiger partial charge is 0.382 e. The Hall–Kier alpha value is -4.10. The van der Waals surface area contributed by atoms with Crippen LogP contribution in [0.5, 0.6) is 0 Å². The number of aryl methyl sites for hydroxylation is 1. The highest BCUT2D eigenvalue weighted by Crippen LogP contribution is 2.31. The molecular formula is C23H21FN6O2S. The van der Waals surface area contributed by atoms with E-state index in [9.17, 15) is 12.8 Å². The zero-order valence-electron chi connectivity index (χ0n) is 17.9. The molecule has 0 saturated heterocycles. The van der Waals surface area contributed by atoms with Gasteiger partial charge < -0.3 is 11.5 Å². The molecule has 4 aromatic rings. The first-order valence-electron chi connectivity index (χ1n) is 9.81. The van der Waals surface area contributed by atoms with Gasteiger partial charge in [-0.2, -0.15) is 5.26 Å². The molecule has 0 aliphatic rings. The van der Waals surface area contributed by atoms with E-state index in [1.807, 2.05) is 13.0 Å². The van der Waals surface area contributed by atoms with Gasteiger partial charge in [-0.05, 0) is 30.2 Å². The topological polar surface area (TPSA) is 149 Å². The summed E-state index contributed by atoms with van der Waals surface area (Å²) in [4.78, 5) is 11.8. The maximum Gasteiger partial charge on any atom is 0.176 e. The number of hydrogen-bond donors (Lipinski definition) is 2. The van der Waals surface area contributed by atoms with Crippen molar-refractivity contribution in [3.05, 3.63) is 71.8 Å². The number of para-hydroxylation sites is 1. The number of rotatable bonds is 3. The molecule has 8 nitrogen and oxygen atoms in total. The maximum atomic E-state index is 14.1. The van der Waals surface area contributed by atoms with Gasteiger partial charge in [0.05, 0.1) is 10.6 Å². The summed E-state index contributed by atoms with van der Waals surface area (Å²) in [6.07, 6.45) is 3.05. The van der Waals surface area contributed by atoms with Crippen LogP contribution in [0.4, 0.5) is 16.0 Å². The molecule has 0 unspecified atom stereocenters. The number of pyridine rings is 1. The first-order valence-corrected chi connectivity index (χ1v) is 11.7. The Balaban J connectivity index is 0.000000257. The molecule has 2 aromatic heterocycles. The number of fused-ring (bicyclic) bond motifs is 1. The first-order chi connectivity index (χ1) is 15.7. The zero-order valence-corrected chi connectivity index (χ0v) is 18.8. The van der Waals surface area contributed by atoms with Gasteiger partial charge in [-0.25, -0.2) is 27.8 Å². The molecule has 0 fully saturated rings. The minimum atomic E-state index is -3.40. The van der Waals surface area contributed by atoms with Crippen LogP contribution in [0.15, 0.2) is 59.8 Å². The molecule has 0 atom stereocenters. The predicted octanol–water partition coefficient (Wildman–Crippen LogP) is 3.52. The van der Waals surface area contributed by atoms with Gasteiger partial charge in [0.15, 0.2) is 9.84 Å². The molecule has 0 radical (unpaired) electrons. The second kappa shape index (κ2) is 9.58. The molecule has 0 aliphatic carbocycles. The number of nitrogens with two attached hydrogens (primary N) is 2. The molecule has 168 valence electrons. The van der Waals surface area contributed by atoms with Crippen molar-refractivity contribution in [1.29, 1.82) is 5.26 Å². The highest BCUT2D eigenvalue weighted by molar-refractivity contribution is 7.90. The fourth-order valence-electron chi connectivity index (χ4n) is 3.22. The van der Waals surface area contributed by atoms with Crippen LogP contribution in [0.3, 0.4) is 0 Å². The summed E-state index contributed by atoms with van der Waals surface area (Å²) < 4.78 is 38.2. The third kappa shape index (κ3) is 5.05. The van der Waals surface area contributed by atoms with Crippen LogP contribution in [-0.4, -0.2) is 29.6 Å². The predicted molar refractivity (Wildman–Crippen MR) is 125 cm³/mol. The zero-order chi connectivity index (χ0) is 24.2. The lowest BCUT2D eigenvalue weighted by atomic mass is 10.0. The Bertz CT molecular complexity index is 1460. The lowest BCUT2D eigenvalue weighted by molar-refractivity contribution is 0.602. The third-order valence-electron chi connectivity index (χ3n) is 4.82.